The first-order valence-corrected chi connectivity index (χ1v) is 11.0. The van der Waals surface area contributed by atoms with E-state index < -0.39 is 0 Å². The molecule has 162 valence electrons. The molecule has 0 radical (unpaired) electrons. The predicted molar refractivity (Wildman–Crippen MR) is 121 cm³/mol. The van der Waals surface area contributed by atoms with Crippen molar-refractivity contribution in [3.63, 3.8) is 0 Å². The molecule has 0 spiro atoms. The molecule has 0 bridgehead atoms. The molecule has 1 aliphatic rings. The maximum absolute atomic E-state index is 12.6. The van der Waals surface area contributed by atoms with Gasteiger partial charge in [-0.2, -0.15) is 0 Å². The van der Waals surface area contributed by atoms with Crippen molar-refractivity contribution in [3.8, 4) is 17.1 Å². The van der Waals surface area contributed by atoms with Gasteiger partial charge in [-0.1, -0.05) is 33.6 Å². The highest BCUT2D eigenvalue weighted by atomic mass is 79.9. The second-order valence-electron chi connectivity index (χ2n) is 7.26. The lowest BCUT2D eigenvalue weighted by atomic mass is 9.82. The average molecular weight is 508 g/mol. The van der Waals surface area contributed by atoms with Gasteiger partial charge in [0.05, 0.1) is 41.7 Å². The van der Waals surface area contributed by atoms with Gasteiger partial charge in [-0.05, 0) is 43.2 Å². The average Bonchev–Trinajstić information content (AvgIpc) is 2.72. The number of benzene rings is 2. The van der Waals surface area contributed by atoms with E-state index in [-0.39, 0.29) is 23.4 Å². The smallest absolute Gasteiger partial charge is 0.308 e. The molecule has 2 aromatic carbocycles. The van der Waals surface area contributed by atoms with E-state index in [9.17, 15) is 9.59 Å². The van der Waals surface area contributed by atoms with Crippen LogP contribution >= 0.6 is 27.5 Å². The molecule has 1 aliphatic carbocycles. The number of fused-ring (bicyclic) bond motifs is 1. The Labute approximate surface area is 192 Å². The largest absolute Gasteiger partial charge is 0.490 e. The molecule has 1 heterocycles. The van der Waals surface area contributed by atoms with E-state index in [1.54, 1.807) is 18.2 Å². The number of esters is 1. The van der Waals surface area contributed by atoms with Crippen LogP contribution in [0.1, 0.15) is 12.8 Å². The molecule has 0 amide bonds. The minimum absolute atomic E-state index is 0.0373. The maximum atomic E-state index is 12.6. The van der Waals surface area contributed by atoms with E-state index in [1.807, 2.05) is 18.2 Å². The summed E-state index contributed by atoms with van der Waals surface area (Å²) >= 11 is 9.67. The van der Waals surface area contributed by atoms with Crippen molar-refractivity contribution in [2.45, 2.75) is 18.9 Å². The summed E-state index contributed by atoms with van der Waals surface area (Å²) in [5, 5.41) is 0.796. The zero-order valence-electron chi connectivity index (χ0n) is 16.7. The Morgan fingerprint density at radius 1 is 1.19 bits per heavy atom. The lowest BCUT2D eigenvalue weighted by Crippen LogP contribution is -2.37. The molecule has 3 aromatic rings. The van der Waals surface area contributed by atoms with Gasteiger partial charge in [0, 0.05) is 10.5 Å². The van der Waals surface area contributed by atoms with Gasteiger partial charge in [0.15, 0.2) is 11.0 Å². The highest BCUT2D eigenvalue weighted by molar-refractivity contribution is 9.10. The number of hydrogen-bond donors (Lipinski definition) is 0. The summed E-state index contributed by atoms with van der Waals surface area (Å²) in [6, 6.07) is 12.0. The predicted octanol–water partition coefficient (Wildman–Crippen LogP) is 5.22. The van der Waals surface area contributed by atoms with E-state index in [2.05, 4.69) is 15.9 Å². The Kier molecular flexibility index (Phi) is 6.65. The SMILES string of the molecule is COC(=O)C1CC(OCCOc2cc(Br)ccc2-c2cc(=O)c3cccc(Cl)c3o2)C1. The van der Waals surface area contributed by atoms with Crippen LogP contribution in [0.5, 0.6) is 5.75 Å². The number of halogens is 2. The Hall–Kier alpha value is -2.35. The lowest BCUT2D eigenvalue weighted by Gasteiger charge is -2.32. The first-order valence-electron chi connectivity index (χ1n) is 9.81. The molecule has 0 N–H and O–H groups in total. The zero-order valence-corrected chi connectivity index (χ0v) is 19.1. The van der Waals surface area contributed by atoms with Crippen LogP contribution in [0.2, 0.25) is 5.02 Å². The topological polar surface area (TPSA) is 75.0 Å². The normalized spacial score (nSPS) is 17.9. The van der Waals surface area contributed by atoms with Crippen molar-refractivity contribution in [1.29, 1.82) is 0 Å². The van der Waals surface area contributed by atoms with E-state index in [0.29, 0.717) is 59.1 Å². The van der Waals surface area contributed by atoms with Crippen molar-refractivity contribution in [1.82, 2.24) is 0 Å². The number of ether oxygens (including phenoxy) is 3. The van der Waals surface area contributed by atoms with Crippen LogP contribution in [-0.4, -0.2) is 32.4 Å². The third-order valence-electron chi connectivity index (χ3n) is 5.24. The number of carbonyl (C=O) groups excluding carboxylic acids is 1. The molecular weight excluding hydrogens is 488 g/mol. The second kappa shape index (κ2) is 9.42. The Morgan fingerprint density at radius 3 is 2.77 bits per heavy atom. The molecule has 0 unspecified atom stereocenters. The van der Waals surface area contributed by atoms with Crippen LogP contribution in [0.4, 0.5) is 0 Å². The van der Waals surface area contributed by atoms with Gasteiger partial charge in [0.25, 0.3) is 0 Å². The van der Waals surface area contributed by atoms with Crippen LogP contribution in [0.25, 0.3) is 22.3 Å². The minimum Gasteiger partial charge on any atom is -0.490 e. The summed E-state index contributed by atoms with van der Waals surface area (Å²) in [4.78, 5) is 24.0. The first-order chi connectivity index (χ1) is 15.0. The summed E-state index contributed by atoms with van der Waals surface area (Å²) in [7, 11) is 1.39. The minimum atomic E-state index is -0.188. The monoisotopic (exact) mass is 506 g/mol. The molecule has 4 rings (SSSR count). The number of para-hydroxylation sites is 1. The van der Waals surface area contributed by atoms with E-state index in [0.717, 1.165) is 4.47 Å². The third-order valence-corrected chi connectivity index (χ3v) is 6.03. The van der Waals surface area contributed by atoms with E-state index >= 15 is 0 Å². The fraction of sp³-hybridized carbons (Fsp3) is 0.304. The third kappa shape index (κ3) is 4.79. The van der Waals surface area contributed by atoms with Crippen LogP contribution in [0.15, 0.2) is 56.1 Å². The molecule has 8 heteroatoms. The van der Waals surface area contributed by atoms with Crippen molar-refractivity contribution in [2.24, 2.45) is 5.92 Å². The standard InChI is InChI=1S/C23H20BrClO6/c1-28-23(27)13-9-15(10-13)29-7-8-30-20-11-14(24)5-6-17(20)21-12-19(26)16-3-2-4-18(25)22(16)31-21/h2-6,11-13,15H,7-10H2,1H3. The van der Waals surface area contributed by atoms with E-state index in [4.69, 9.17) is 30.2 Å². The molecule has 31 heavy (non-hydrogen) atoms. The van der Waals surface area contributed by atoms with Crippen LogP contribution in [0.3, 0.4) is 0 Å². The Bertz CT molecular complexity index is 1170. The van der Waals surface area contributed by atoms with Crippen molar-refractivity contribution in [2.75, 3.05) is 20.3 Å². The van der Waals surface area contributed by atoms with Gasteiger partial charge in [-0.25, -0.2) is 0 Å². The molecule has 1 saturated carbocycles. The van der Waals surface area contributed by atoms with Gasteiger partial charge < -0.3 is 18.6 Å². The molecule has 1 aromatic heterocycles. The van der Waals surface area contributed by atoms with Gasteiger partial charge in [0.2, 0.25) is 0 Å². The highest BCUT2D eigenvalue weighted by Crippen LogP contribution is 2.35. The quantitative estimate of drug-likeness (QED) is 0.322. The maximum Gasteiger partial charge on any atom is 0.308 e. The summed E-state index contributed by atoms with van der Waals surface area (Å²) in [6.45, 7) is 0.680. The van der Waals surface area contributed by atoms with Crippen LogP contribution in [-0.2, 0) is 14.3 Å². The summed E-state index contributed by atoms with van der Waals surface area (Å²) in [5.74, 6) is 0.657. The Morgan fingerprint density at radius 2 is 2.00 bits per heavy atom. The zero-order chi connectivity index (χ0) is 22.0. The number of hydrogen-bond acceptors (Lipinski definition) is 6. The Balaban J connectivity index is 1.46. The fourth-order valence-electron chi connectivity index (χ4n) is 3.52. The van der Waals surface area contributed by atoms with Crippen molar-refractivity contribution >= 4 is 44.5 Å². The van der Waals surface area contributed by atoms with Gasteiger partial charge in [-0.3, -0.25) is 9.59 Å². The molecular formula is C23H20BrClO6. The van der Waals surface area contributed by atoms with Gasteiger partial charge in [-0.15, -0.1) is 0 Å². The summed E-state index contributed by atoms with van der Waals surface area (Å²) < 4.78 is 23.2. The number of rotatable bonds is 7. The van der Waals surface area contributed by atoms with Crippen LogP contribution < -0.4 is 10.2 Å². The first kappa shape index (κ1) is 21.9. The van der Waals surface area contributed by atoms with Crippen molar-refractivity contribution in [3.05, 3.63) is 62.2 Å². The van der Waals surface area contributed by atoms with E-state index in [1.165, 1.54) is 13.2 Å². The summed E-state index contributed by atoms with van der Waals surface area (Å²) in [6.07, 6.45) is 1.37. The second-order valence-corrected chi connectivity index (χ2v) is 8.59. The van der Waals surface area contributed by atoms with Gasteiger partial charge in [0.1, 0.15) is 18.1 Å². The van der Waals surface area contributed by atoms with Gasteiger partial charge >= 0.3 is 5.97 Å². The van der Waals surface area contributed by atoms with Crippen molar-refractivity contribution < 1.29 is 23.4 Å². The molecule has 0 atom stereocenters. The molecule has 0 aliphatic heterocycles. The number of carbonyl (C=O) groups is 1. The fourth-order valence-corrected chi connectivity index (χ4v) is 4.08. The highest BCUT2D eigenvalue weighted by Gasteiger charge is 2.35. The summed E-state index contributed by atoms with van der Waals surface area (Å²) in [5.41, 5.74) is 0.798. The van der Waals surface area contributed by atoms with Crippen LogP contribution in [0, 0.1) is 5.92 Å². The molecule has 6 nitrogen and oxygen atoms in total. The lowest BCUT2D eigenvalue weighted by molar-refractivity contribution is -0.155. The molecule has 0 saturated heterocycles. The number of methoxy groups -OCH3 is 1. The molecule has 1 fully saturated rings.